The van der Waals surface area contributed by atoms with E-state index in [1.807, 2.05) is 30.3 Å². The molecule has 0 spiro atoms. The molecule has 0 aliphatic heterocycles. The lowest BCUT2D eigenvalue weighted by molar-refractivity contribution is -0.122. The molecule has 0 bridgehead atoms. The van der Waals surface area contributed by atoms with Crippen molar-refractivity contribution in [3.8, 4) is 22.9 Å². The molecule has 3 aromatic rings. The molecule has 0 saturated carbocycles. The highest BCUT2D eigenvalue weighted by Crippen LogP contribution is 2.26. The summed E-state index contributed by atoms with van der Waals surface area (Å²) in [5, 5.41) is 15.9. The second-order valence-corrected chi connectivity index (χ2v) is 5.42. The SMILES string of the molecule is COc1ccc(C=NNC(=O)Cn2nnc(-c3ccccc3)n2)cc1OC. The molecule has 1 heterocycles. The molecule has 27 heavy (non-hydrogen) atoms. The number of hydrazone groups is 1. The fourth-order valence-electron chi connectivity index (χ4n) is 2.29. The van der Waals surface area contributed by atoms with Crippen molar-refractivity contribution in [2.24, 2.45) is 5.10 Å². The van der Waals surface area contributed by atoms with Gasteiger partial charge < -0.3 is 9.47 Å². The van der Waals surface area contributed by atoms with Gasteiger partial charge in [0.15, 0.2) is 11.5 Å². The van der Waals surface area contributed by atoms with E-state index < -0.39 is 0 Å². The van der Waals surface area contributed by atoms with Crippen LogP contribution in [0.4, 0.5) is 0 Å². The van der Waals surface area contributed by atoms with Crippen LogP contribution in [0.3, 0.4) is 0 Å². The van der Waals surface area contributed by atoms with E-state index >= 15 is 0 Å². The van der Waals surface area contributed by atoms with Crippen LogP contribution in [0.2, 0.25) is 0 Å². The minimum atomic E-state index is -0.372. The number of tetrazole rings is 1. The van der Waals surface area contributed by atoms with Gasteiger partial charge in [-0.25, -0.2) is 5.43 Å². The van der Waals surface area contributed by atoms with Gasteiger partial charge in [0.25, 0.3) is 5.91 Å². The highest BCUT2D eigenvalue weighted by Gasteiger charge is 2.08. The Hall–Kier alpha value is -3.75. The first-order valence-corrected chi connectivity index (χ1v) is 8.07. The summed E-state index contributed by atoms with van der Waals surface area (Å²) >= 11 is 0. The molecule has 0 aliphatic carbocycles. The van der Waals surface area contributed by atoms with Crippen molar-refractivity contribution in [1.29, 1.82) is 0 Å². The zero-order valence-electron chi connectivity index (χ0n) is 14.9. The highest BCUT2D eigenvalue weighted by molar-refractivity contribution is 5.83. The van der Waals surface area contributed by atoms with E-state index in [1.54, 1.807) is 32.4 Å². The second-order valence-electron chi connectivity index (χ2n) is 5.42. The van der Waals surface area contributed by atoms with E-state index in [4.69, 9.17) is 9.47 Å². The number of methoxy groups -OCH3 is 2. The quantitative estimate of drug-likeness (QED) is 0.502. The van der Waals surface area contributed by atoms with Gasteiger partial charge in [0.2, 0.25) is 5.82 Å². The number of nitrogens with zero attached hydrogens (tertiary/aromatic N) is 5. The zero-order valence-corrected chi connectivity index (χ0v) is 14.9. The number of rotatable bonds is 7. The molecule has 1 amide bonds. The number of amides is 1. The number of ether oxygens (including phenoxy) is 2. The lowest BCUT2D eigenvalue weighted by Gasteiger charge is -2.07. The number of hydrogen-bond acceptors (Lipinski definition) is 7. The first-order chi connectivity index (χ1) is 13.2. The first-order valence-electron chi connectivity index (χ1n) is 8.07. The van der Waals surface area contributed by atoms with Gasteiger partial charge in [0, 0.05) is 5.56 Å². The average Bonchev–Trinajstić information content (AvgIpc) is 3.17. The highest BCUT2D eigenvalue weighted by atomic mass is 16.5. The zero-order chi connectivity index (χ0) is 19.1. The lowest BCUT2D eigenvalue weighted by atomic mass is 10.2. The first kappa shape index (κ1) is 18.1. The van der Waals surface area contributed by atoms with Crippen LogP contribution in [0.5, 0.6) is 11.5 Å². The minimum Gasteiger partial charge on any atom is -0.493 e. The maximum absolute atomic E-state index is 12.0. The molecule has 9 heteroatoms. The van der Waals surface area contributed by atoms with E-state index in [9.17, 15) is 4.79 Å². The Morgan fingerprint density at radius 1 is 1.15 bits per heavy atom. The topological polar surface area (TPSA) is 104 Å². The Balaban J connectivity index is 1.57. The standard InChI is InChI=1S/C18H18N6O3/c1-26-15-9-8-13(10-16(15)27-2)11-19-20-17(25)12-24-22-18(21-23-24)14-6-4-3-5-7-14/h3-11H,12H2,1-2H3,(H,20,25). The third kappa shape index (κ3) is 4.66. The van der Waals surface area contributed by atoms with E-state index in [-0.39, 0.29) is 12.5 Å². The molecule has 0 radical (unpaired) electrons. The largest absolute Gasteiger partial charge is 0.493 e. The number of hydrogen-bond donors (Lipinski definition) is 1. The molecule has 9 nitrogen and oxygen atoms in total. The van der Waals surface area contributed by atoms with Gasteiger partial charge in [0.05, 0.1) is 20.4 Å². The maximum atomic E-state index is 12.0. The van der Waals surface area contributed by atoms with Gasteiger partial charge in [0.1, 0.15) is 6.54 Å². The van der Waals surface area contributed by atoms with Crippen molar-refractivity contribution in [3.05, 3.63) is 54.1 Å². The molecule has 0 atom stereocenters. The summed E-state index contributed by atoms with van der Waals surface area (Å²) in [6.45, 7) is -0.0941. The Kier molecular flexibility index (Phi) is 5.73. The molecular weight excluding hydrogens is 348 g/mol. The number of aromatic nitrogens is 4. The number of carbonyl (C=O) groups excluding carboxylic acids is 1. The predicted octanol–water partition coefficient (Wildman–Crippen LogP) is 1.51. The van der Waals surface area contributed by atoms with E-state index in [0.717, 1.165) is 11.1 Å². The van der Waals surface area contributed by atoms with Gasteiger partial charge in [-0.05, 0) is 29.0 Å². The van der Waals surface area contributed by atoms with Crippen LogP contribution < -0.4 is 14.9 Å². The number of benzene rings is 2. The molecule has 0 unspecified atom stereocenters. The second kappa shape index (κ2) is 8.56. The molecule has 138 valence electrons. The molecule has 0 aliphatic rings. The van der Waals surface area contributed by atoms with Crippen LogP contribution in [0.25, 0.3) is 11.4 Å². The summed E-state index contributed by atoms with van der Waals surface area (Å²) in [6, 6.07) is 14.7. The molecular formula is C18H18N6O3. The fourth-order valence-corrected chi connectivity index (χ4v) is 2.29. The van der Waals surface area contributed by atoms with Crippen molar-refractivity contribution in [3.63, 3.8) is 0 Å². The van der Waals surface area contributed by atoms with Crippen LogP contribution in [-0.4, -0.2) is 46.5 Å². The smallest absolute Gasteiger partial charge is 0.263 e. The number of carbonyl (C=O) groups is 1. The van der Waals surface area contributed by atoms with Crippen LogP contribution in [0.1, 0.15) is 5.56 Å². The average molecular weight is 366 g/mol. The maximum Gasteiger partial charge on any atom is 0.263 e. The summed E-state index contributed by atoms with van der Waals surface area (Å²) < 4.78 is 10.4. The third-order valence-corrected chi connectivity index (χ3v) is 3.58. The summed E-state index contributed by atoms with van der Waals surface area (Å²) in [6.07, 6.45) is 1.50. The van der Waals surface area contributed by atoms with Gasteiger partial charge in [-0.15, -0.1) is 10.2 Å². The normalized spacial score (nSPS) is 10.7. The molecule has 1 N–H and O–H groups in total. The van der Waals surface area contributed by atoms with E-state index in [2.05, 4.69) is 25.9 Å². The van der Waals surface area contributed by atoms with Gasteiger partial charge >= 0.3 is 0 Å². The van der Waals surface area contributed by atoms with Crippen molar-refractivity contribution in [1.82, 2.24) is 25.6 Å². The fraction of sp³-hybridized carbons (Fsp3) is 0.167. The summed E-state index contributed by atoms with van der Waals surface area (Å²) in [5.74, 6) is 1.28. The van der Waals surface area contributed by atoms with Crippen molar-refractivity contribution in [2.75, 3.05) is 14.2 Å². The van der Waals surface area contributed by atoms with Gasteiger partial charge in [-0.3, -0.25) is 4.79 Å². The number of nitrogens with one attached hydrogen (secondary N) is 1. The molecule has 0 saturated heterocycles. The Morgan fingerprint density at radius 2 is 1.93 bits per heavy atom. The van der Waals surface area contributed by atoms with Crippen LogP contribution in [0, 0.1) is 0 Å². The van der Waals surface area contributed by atoms with Gasteiger partial charge in [-0.2, -0.15) is 9.90 Å². The summed E-state index contributed by atoms with van der Waals surface area (Å²) in [4.78, 5) is 13.2. The van der Waals surface area contributed by atoms with Crippen molar-refractivity contribution < 1.29 is 14.3 Å². The summed E-state index contributed by atoms with van der Waals surface area (Å²) in [5.41, 5.74) is 4.00. The van der Waals surface area contributed by atoms with Crippen LogP contribution >= 0.6 is 0 Å². The Morgan fingerprint density at radius 3 is 2.67 bits per heavy atom. The molecule has 3 rings (SSSR count). The molecule has 0 fully saturated rings. The van der Waals surface area contributed by atoms with E-state index in [0.29, 0.717) is 17.3 Å². The van der Waals surface area contributed by atoms with E-state index in [1.165, 1.54) is 11.0 Å². The Labute approximate surface area is 155 Å². The monoisotopic (exact) mass is 366 g/mol. The summed E-state index contributed by atoms with van der Waals surface area (Å²) in [7, 11) is 3.11. The minimum absolute atomic E-state index is 0.0941. The van der Waals surface area contributed by atoms with Crippen LogP contribution in [-0.2, 0) is 11.3 Å². The van der Waals surface area contributed by atoms with Gasteiger partial charge in [-0.1, -0.05) is 30.3 Å². The Bertz CT molecular complexity index is 939. The van der Waals surface area contributed by atoms with Crippen molar-refractivity contribution >= 4 is 12.1 Å². The lowest BCUT2D eigenvalue weighted by Crippen LogP contribution is -2.24. The predicted molar refractivity (Wildman–Crippen MR) is 98.5 cm³/mol. The molecule has 2 aromatic carbocycles. The third-order valence-electron chi connectivity index (χ3n) is 3.58. The van der Waals surface area contributed by atoms with Crippen molar-refractivity contribution in [2.45, 2.75) is 6.54 Å². The van der Waals surface area contributed by atoms with Crippen LogP contribution in [0.15, 0.2) is 53.6 Å². The molecule has 1 aromatic heterocycles.